The molecule has 1 amide bonds. The first kappa shape index (κ1) is 15.6. The van der Waals surface area contributed by atoms with Gasteiger partial charge in [0.25, 0.3) is 11.6 Å². The number of thiazole rings is 1. The monoisotopic (exact) mass is 332 g/mol. The molecule has 7 nitrogen and oxygen atoms in total. The van der Waals surface area contributed by atoms with Crippen LogP contribution in [0.5, 0.6) is 0 Å². The molecule has 0 radical (unpaired) electrons. The number of rotatable bonds is 6. The summed E-state index contributed by atoms with van der Waals surface area (Å²) in [6, 6.07) is 6.10. The van der Waals surface area contributed by atoms with Crippen LogP contribution in [-0.2, 0) is 0 Å². The summed E-state index contributed by atoms with van der Waals surface area (Å²) in [5.41, 5.74) is 7.06. The van der Waals surface area contributed by atoms with Crippen LogP contribution in [0.1, 0.15) is 23.3 Å². The van der Waals surface area contributed by atoms with Crippen LogP contribution in [-0.4, -0.2) is 28.4 Å². The van der Waals surface area contributed by atoms with Gasteiger partial charge in [-0.3, -0.25) is 14.9 Å². The van der Waals surface area contributed by atoms with Gasteiger partial charge in [-0.25, -0.2) is 4.98 Å². The first-order valence-corrected chi connectivity index (χ1v) is 8.16. The van der Waals surface area contributed by atoms with Crippen molar-refractivity contribution in [1.82, 2.24) is 10.3 Å². The number of nitrogens with zero attached hydrogens (tertiary/aromatic N) is 2. The highest BCUT2D eigenvalue weighted by atomic mass is 32.1. The molecule has 1 atom stereocenters. The van der Waals surface area contributed by atoms with Crippen LogP contribution in [0.4, 0.5) is 5.69 Å². The summed E-state index contributed by atoms with van der Waals surface area (Å²) in [4.78, 5) is 26.6. The summed E-state index contributed by atoms with van der Waals surface area (Å²) in [5.74, 6) is 0.284. The van der Waals surface area contributed by atoms with Gasteiger partial charge in [0.15, 0.2) is 0 Å². The molecule has 8 heteroatoms. The second-order valence-corrected chi connectivity index (χ2v) is 6.41. The van der Waals surface area contributed by atoms with E-state index in [1.54, 1.807) is 17.5 Å². The van der Waals surface area contributed by atoms with Gasteiger partial charge in [0.2, 0.25) is 0 Å². The van der Waals surface area contributed by atoms with Crippen molar-refractivity contribution < 1.29 is 9.72 Å². The number of nitrogens with two attached hydrogens (primary N) is 1. The Labute approximate surface area is 136 Å². The highest BCUT2D eigenvalue weighted by Gasteiger charge is 2.28. The molecule has 0 spiro atoms. The molecule has 1 fully saturated rings. The van der Waals surface area contributed by atoms with Gasteiger partial charge in [0.1, 0.15) is 10.7 Å². The number of nitrogens with one attached hydrogen (secondary N) is 1. The Balaban J connectivity index is 1.64. The fourth-order valence-electron chi connectivity index (χ4n) is 2.23. The highest BCUT2D eigenvalue weighted by Crippen LogP contribution is 2.31. The number of nitro groups is 1. The molecule has 23 heavy (non-hydrogen) atoms. The summed E-state index contributed by atoms with van der Waals surface area (Å²) in [6.07, 6.45) is 2.27. The SMILES string of the molecule is NC(CNC(=O)c1csc(-c2ccc([N+](=O)[O-])cc2)n1)C1CC1. The predicted molar refractivity (Wildman–Crippen MR) is 87.2 cm³/mol. The maximum Gasteiger partial charge on any atom is 0.270 e. The number of non-ortho nitro benzene ring substituents is 1. The minimum absolute atomic E-state index is 0.00623. The largest absolute Gasteiger partial charge is 0.349 e. The summed E-state index contributed by atoms with van der Waals surface area (Å²) in [6.45, 7) is 0.452. The van der Waals surface area contributed by atoms with Crippen molar-refractivity contribution in [2.45, 2.75) is 18.9 Å². The lowest BCUT2D eigenvalue weighted by Crippen LogP contribution is -2.38. The number of carbonyl (C=O) groups is 1. The van der Waals surface area contributed by atoms with Crippen molar-refractivity contribution in [3.05, 3.63) is 45.5 Å². The minimum Gasteiger partial charge on any atom is -0.349 e. The average Bonchev–Trinajstić information content (AvgIpc) is 3.29. The topological polar surface area (TPSA) is 111 Å². The standard InChI is InChI=1S/C15H16N4O3S/c16-12(9-1-2-9)7-17-14(20)13-8-23-15(18-13)10-3-5-11(6-4-10)19(21)22/h3-6,8-9,12H,1-2,7,16H2,(H,17,20). The van der Waals surface area contributed by atoms with E-state index in [2.05, 4.69) is 10.3 Å². The first-order valence-electron chi connectivity index (χ1n) is 7.28. The molecule has 1 aromatic heterocycles. The maximum atomic E-state index is 12.1. The zero-order chi connectivity index (χ0) is 16.4. The molecule has 0 aliphatic heterocycles. The van der Waals surface area contributed by atoms with Gasteiger partial charge in [0.05, 0.1) is 4.92 Å². The quantitative estimate of drug-likeness (QED) is 0.622. The van der Waals surface area contributed by atoms with E-state index in [0.717, 1.165) is 18.4 Å². The molecule has 0 saturated heterocycles. The lowest BCUT2D eigenvalue weighted by Gasteiger charge is -2.10. The number of hydrogen-bond donors (Lipinski definition) is 2. The van der Waals surface area contributed by atoms with E-state index in [1.807, 2.05) is 0 Å². The van der Waals surface area contributed by atoms with Crippen LogP contribution in [0.3, 0.4) is 0 Å². The normalized spacial score (nSPS) is 15.2. The van der Waals surface area contributed by atoms with E-state index < -0.39 is 4.92 Å². The summed E-state index contributed by atoms with van der Waals surface area (Å²) in [7, 11) is 0. The van der Waals surface area contributed by atoms with E-state index in [0.29, 0.717) is 23.2 Å². The van der Waals surface area contributed by atoms with E-state index >= 15 is 0 Å². The van der Waals surface area contributed by atoms with E-state index in [9.17, 15) is 14.9 Å². The van der Waals surface area contributed by atoms with Crippen molar-refractivity contribution >= 4 is 22.9 Å². The Morgan fingerprint density at radius 3 is 2.74 bits per heavy atom. The van der Waals surface area contributed by atoms with Gasteiger partial charge < -0.3 is 11.1 Å². The number of benzene rings is 1. The molecule has 3 N–H and O–H groups in total. The molecule has 1 saturated carbocycles. The van der Waals surface area contributed by atoms with Crippen molar-refractivity contribution in [3.8, 4) is 10.6 Å². The van der Waals surface area contributed by atoms with E-state index in [-0.39, 0.29) is 17.6 Å². The molecule has 0 bridgehead atoms. The number of carbonyl (C=O) groups excluding carboxylic acids is 1. The van der Waals surface area contributed by atoms with Crippen LogP contribution in [0, 0.1) is 16.0 Å². The molecular formula is C15H16N4O3S. The highest BCUT2D eigenvalue weighted by molar-refractivity contribution is 7.13. The molecule has 1 unspecified atom stereocenters. The Kier molecular flexibility index (Phi) is 4.35. The third kappa shape index (κ3) is 3.72. The molecule has 1 heterocycles. The van der Waals surface area contributed by atoms with Gasteiger partial charge in [0, 0.05) is 35.7 Å². The second kappa shape index (κ2) is 6.43. The zero-order valence-electron chi connectivity index (χ0n) is 12.3. The first-order chi connectivity index (χ1) is 11.0. The molecule has 120 valence electrons. The average molecular weight is 332 g/mol. The van der Waals surface area contributed by atoms with Crippen molar-refractivity contribution in [2.75, 3.05) is 6.54 Å². The van der Waals surface area contributed by atoms with Crippen molar-refractivity contribution in [3.63, 3.8) is 0 Å². The van der Waals surface area contributed by atoms with Crippen molar-refractivity contribution in [2.24, 2.45) is 11.7 Å². The molecule has 1 aliphatic rings. The summed E-state index contributed by atoms with van der Waals surface area (Å²) in [5, 5.41) is 15.8. The van der Waals surface area contributed by atoms with E-state index in [1.165, 1.54) is 23.5 Å². The van der Waals surface area contributed by atoms with Gasteiger partial charge in [-0.15, -0.1) is 11.3 Å². The smallest absolute Gasteiger partial charge is 0.270 e. The van der Waals surface area contributed by atoms with Crippen LogP contribution in [0.25, 0.3) is 10.6 Å². The summed E-state index contributed by atoms with van der Waals surface area (Å²) >= 11 is 1.33. The lowest BCUT2D eigenvalue weighted by atomic mass is 10.2. The number of hydrogen-bond acceptors (Lipinski definition) is 6. The number of nitro benzene ring substituents is 1. The Bertz CT molecular complexity index is 725. The number of aromatic nitrogens is 1. The zero-order valence-corrected chi connectivity index (χ0v) is 13.1. The fourth-order valence-corrected chi connectivity index (χ4v) is 3.03. The Morgan fingerprint density at radius 2 is 2.13 bits per heavy atom. The summed E-state index contributed by atoms with van der Waals surface area (Å²) < 4.78 is 0. The van der Waals surface area contributed by atoms with Gasteiger partial charge in [-0.05, 0) is 30.9 Å². The fraction of sp³-hybridized carbons (Fsp3) is 0.333. The molecule has 1 aliphatic carbocycles. The van der Waals surface area contributed by atoms with E-state index in [4.69, 9.17) is 5.73 Å². The van der Waals surface area contributed by atoms with Crippen LogP contribution < -0.4 is 11.1 Å². The third-order valence-electron chi connectivity index (χ3n) is 3.79. The molecule has 1 aromatic carbocycles. The van der Waals surface area contributed by atoms with Crippen molar-refractivity contribution in [1.29, 1.82) is 0 Å². The van der Waals surface area contributed by atoms with Crippen LogP contribution >= 0.6 is 11.3 Å². The lowest BCUT2D eigenvalue weighted by molar-refractivity contribution is -0.384. The molecule has 3 rings (SSSR count). The predicted octanol–water partition coefficient (Wildman–Crippen LogP) is 2.19. The van der Waals surface area contributed by atoms with Crippen LogP contribution in [0.2, 0.25) is 0 Å². The molecular weight excluding hydrogens is 316 g/mol. The Morgan fingerprint density at radius 1 is 1.43 bits per heavy atom. The van der Waals surface area contributed by atoms with Gasteiger partial charge in [-0.1, -0.05) is 0 Å². The minimum atomic E-state index is -0.451. The molecule has 2 aromatic rings. The number of amides is 1. The van der Waals surface area contributed by atoms with Gasteiger partial charge in [-0.2, -0.15) is 0 Å². The van der Waals surface area contributed by atoms with Crippen LogP contribution in [0.15, 0.2) is 29.6 Å². The van der Waals surface area contributed by atoms with Gasteiger partial charge >= 0.3 is 0 Å². The maximum absolute atomic E-state index is 12.1. The second-order valence-electron chi connectivity index (χ2n) is 5.55. The Hall–Kier alpha value is -2.32. The third-order valence-corrected chi connectivity index (χ3v) is 4.68.